The molecule has 2 saturated carbocycles. The molecule has 3 atom stereocenters. The lowest BCUT2D eigenvalue weighted by Crippen LogP contribution is -2.62. The number of nitrogens with one attached hydrogen (secondary N) is 1. The molecule has 0 aromatic heterocycles. The van der Waals surface area contributed by atoms with Crippen molar-refractivity contribution >= 4 is 0 Å². The van der Waals surface area contributed by atoms with Crippen molar-refractivity contribution in [3.63, 3.8) is 0 Å². The van der Waals surface area contributed by atoms with Crippen LogP contribution >= 0.6 is 0 Å². The van der Waals surface area contributed by atoms with Gasteiger partial charge in [-0.2, -0.15) is 0 Å². The van der Waals surface area contributed by atoms with E-state index in [9.17, 15) is 0 Å². The van der Waals surface area contributed by atoms with E-state index in [4.69, 9.17) is 9.47 Å². The molecular formula is C14H25NO2. The molecule has 98 valence electrons. The summed E-state index contributed by atoms with van der Waals surface area (Å²) in [5.41, 5.74) is 0.480. The predicted molar refractivity (Wildman–Crippen MR) is 67.0 cm³/mol. The number of hydrogen-bond donors (Lipinski definition) is 1. The minimum Gasteiger partial charge on any atom is -0.381 e. The Balaban J connectivity index is 1.53. The van der Waals surface area contributed by atoms with Crippen LogP contribution in [0.25, 0.3) is 0 Å². The molecule has 17 heavy (non-hydrogen) atoms. The molecule has 3 aliphatic rings. The van der Waals surface area contributed by atoms with Crippen molar-refractivity contribution in [1.82, 2.24) is 5.32 Å². The summed E-state index contributed by atoms with van der Waals surface area (Å²) in [5.74, 6) is 0.655. The van der Waals surface area contributed by atoms with Crippen LogP contribution in [0, 0.1) is 11.3 Å². The van der Waals surface area contributed by atoms with Gasteiger partial charge in [-0.1, -0.05) is 12.8 Å². The molecule has 3 nitrogen and oxygen atoms in total. The summed E-state index contributed by atoms with van der Waals surface area (Å²) in [5, 5.41) is 3.49. The third kappa shape index (κ3) is 2.02. The van der Waals surface area contributed by atoms with Gasteiger partial charge in [0.15, 0.2) is 0 Å². The molecule has 1 aliphatic heterocycles. The van der Waals surface area contributed by atoms with Crippen LogP contribution < -0.4 is 5.32 Å². The van der Waals surface area contributed by atoms with Crippen LogP contribution in [0.4, 0.5) is 0 Å². The zero-order valence-electron chi connectivity index (χ0n) is 10.9. The first-order chi connectivity index (χ1) is 8.35. The van der Waals surface area contributed by atoms with E-state index in [1.165, 1.54) is 38.5 Å². The topological polar surface area (TPSA) is 30.5 Å². The molecule has 1 N–H and O–H groups in total. The van der Waals surface area contributed by atoms with Gasteiger partial charge in [-0.25, -0.2) is 0 Å². The van der Waals surface area contributed by atoms with E-state index < -0.39 is 0 Å². The van der Waals surface area contributed by atoms with Crippen molar-refractivity contribution in [1.29, 1.82) is 0 Å². The summed E-state index contributed by atoms with van der Waals surface area (Å²) >= 11 is 0. The van der Waals surface area contributed by atoms with Crippen molar-refractivity contribution in [2.24, 2.45) is 11.3 Å². The second kappa shape index (κ2) is 4.87. The third-order valence-electron chi connectivity index (χ3n) is 5.23. The van der Waals surface area contributed by atoms with Gasteiger partial charge in [-0.15, -0.1) is 0 Å². The number of rotatable bonds is 4. The highest BCUT2D eigenvalue weighted by atomic mass is 16.5. The summed E-state index contributed by atoms with van der Waals surface area (Å²) in [6.45, 7) is 2.76. The highest BCUT2D eigenvalue weighted by Crippen LogP contribution is 2.54. The molecule has 1 spiro atoms. The smallest absolute Gasteiger partial charge is 0.0661 e. The van der Waals surface area contributed by atoms with Gasteiger partial charge >= 0.3 is 0 Å². The fourth-order valence-electron chi connectivity index (χ4n) is 4.06. The second-order valence-corrected chi connectivity index (χ2v) is 6.07. The van der Waals surface area contributed by atoms with E-state index >= 15 is 0 Å². The van der Waals surface area contributed by atoms with E-state index in [2.05, 4.69) is 12.4 Å². The van der Waals surface area contributed by atoms with Crippen LogP contribution in [0.3, 0.4) is 0 Å². The van der Waals surface area contributed by atoms with E-state index in [0.29, 0.717) is 23.5 Å². The first-order valence-electron chi connectivity index (χ1n) is 7.22. The predicted octanol–water partition coefficient (Wildman–Crippen LogP) is 1.96. The SMILES string of the molecule is CNC1CC(OCC2CCOC2)C12CCCC2. The molecule has 0 bridgehead atoms. The van der Waals surface area contributed by atoms with Crippen LogP contribution in [-0.2, 0) is 9.47 Å². The summed E-state index contributed by atoms with van der Waals surface area (Å²) in [4.78, 5) is 0. The minimum atomic E-state index is 0.480. The molecule has 1 heterocycles. The van der Waals surface area contributed by atoms with Crippen molar-refractivity contribution in [2.75, 3.05) is 26.9 Å². The van der Waals surface area contributed by atoms with E-state index in [-0.39, 0.29) is 0 Å². The van der Waals surface area contributed by atoms with Crippen molar-refractivity contribution in [3.05, 3.63) is 0 Å². The maximum atomic E-state index is 6.21. The summed E-state index contributed by atoms with van der Waals surface area (Å²) in [6, 6.07) is 0.704. The Morgan fingerprint density at radius 2 is 2.18 bits per heavy atom. The molecule has 2 aliphatic carbocycles. The van der Waals surface area contributed by atoms with Crippen molar-refractivity contribution < 1.29 is 9.47 Å². The number of ether oxygens (including phenoxy) is 2. The Bertz CT molecular complexity index is 257. The van der Waals surface area contributed by atoms with Gasteiger partial charge in [0.2, 0.25) is 0 Å². The Hall–Kier alpha value is -0.120. The van der Waals surface area contributed by atoms with Crippen LogP contribution in [0.5, 0.6) is 0 Å². The fourth-order valence-corrected chi connectivity index (χ4v) is 4.06. The lowest BCUT2D eigenvalue weighted by molar-refractivity contribution is -0.139. The zero-order chi connectivity index (χ0) is 11.7. The van der Waals surface area contributed by atoms with Gasteiger partial charge in [0.25, 0.3) is 0 Å². The first kappa shape index (κ1) is 11.9. The molecule has 3 fully saturated rings. The monoisotopic (exact) mass is 239 g/mol. The van der Waals surface area contributed by atoms with Crippen LogP contribution in [0.1, 0.15) is 38.5 Å². The van der Waals surface area contributed by atoms with Crippen molar-refractivity contribution in [2.45, 2.75) is 50.7 Å². The third-order valence-corrected chi connectivity index (χ3v) is 5.23. The molecule has 3 rings (SSSR count). The van der Waals surface area contributed by atoms with Gasteiger partial charge in [0.05, 0.1) is 19.3 Å². The van der Waals surface area contributed by atoms with Gasteiger partial charge in [-0.3, -0.25) is 0 Å². The highest BCUT2D eigenvalue weighted by Gasteiger charge is 2.56. The quantitative estimate of drug-likeness (QED) is 0.813. The molecule has 0 aromatic rings. The first-order valence-corrected chi connectivity index (χ1v) is 7.22. The Kier molecular flexibility index (Phi) is 3.42. The van der Waals surface area contributed by atoms with Gasteiger partial charge in [-0.05, 0) is 32.7 Å². The average molecular weight is 239 g/mol. The maximum Gasteiger partial charge on any atom is 0.0661 e. The van der Waals surface area contributed by atoms with E-state index in [0.717, 1.165) is 19.8 Å². The van der Waals surface area contributed by atoms with Crippen LogP contribution in [0.2, 0.25) is 0 Å². The lowest BCUT2D eigenvalue weighted by atomic mass is 9.60. The van der Waals surface area contributed by atoms with Gasteiger partial charge in [0.1, 0.15) is 0 Å². The van der Waals surface area contributed by atoms with Crippen LogP contribution in [-0.4, -0.2) is 39.0 Å². The highest BCUT2D eigenvalue weighted by molar-refractivity contribution is 5.09. The summed E-state index contributed by atoms with van der Waals surface area (Å²) in [6.07, 6.45) is 8.44. The van der Waals surface area contributed by atoms with E-state index in [1.54, 1.807) is 0 Å². The average Bonchev–Trinajstić information content (AvgIpc) is 3.00. The fraction of sp³-hybridized carbons (Fsp3) is 1.00. The zero-order valence-corrected chi connectivity index (χ0v) is 10.9. The lowest BCUT2D eigenvalue weighted by Gasteiger charge is -2.54. The van der Waals surface area contributed by atoms with Gasteiger partial charge < -0.3 is 14.8 Å². The number of hydrogen-bond acceptors (Lipinski definition) is 3. The summed E-state index contributed by atoms with van der Waals surface area (Å²) in [7, 11) is 2.10. The normalized spacial score (nSPS) is 39.7. The standard InChI is InChI=1S/C14H25NO2/c1-15-12-8-13(14(12)5-2-3-6-14)17-10-11-4-7-16-9-11/h11-13,15H,2-10H2,1H3. The molecule has 1 saturated heterocycles. The molecule has 0 radical (unpaired) electrons. The Morgan fingerprint density at radius 3 is 2.82 bits per heavy atom. The minimum absolute atomic E-state index is 0.480. The molecule has 0 amide bonds. The largest absolute Gasteiger partial charge is 0.381 e. The van der Waals surface area contributed by atoms with Crippen LogP contribution in [0.15, 0.2) is 0 Å². The second-order valence-electron chi connectivity index (χ2n) is 6.07. The maximum absolute atomic E-state index is 6.21. The molecule has 0 aromatic carbocycles. The van der Waals surface area contributed by atoms with E-state index in [1.807, 2.05) is 0 Å². The molecular weight excluding hydrogens is 214 g/mol. The Labute approximate surface area is 104 Å². The Morgan fingerprint density at radius 1 is 1.35 bits per heavy atom. The molecule has 3 unspecified atom stereocenters. The summed E-state index contributed by atoms with van der Waals surface area (Å²) < 4.78 is 11.6. The van der Waals surface area contributed by atoms with Gasteiger partial charge in [0, 0.05) is 24.0 Å². The van der Waals surface area contributed by atoms with Crippen molar-refractivity contribution in [3.8, 4) is 0 Å². The molecule has 3 heteroatoms.